The fourth-order valence-corrected chi connectivity index (χ4v) is 1.39. The monoisotopic (exact) mass is 173 g/mol. The lowest BCUT2D eigenvalue weighted by atomic mass is 10.1. The van der Waals surface area contributed by atoms with Crippen LogP contribution in [0.3, 0.4) is 0 Å². The van der Waals surface area contributed by atoms with Gasteiger partial charge in [-0.15, -0.1) is 0 Å². The quantitative estimate of drug-likeness (QED) is 0.616. The van der Waals surface area contributed by atoms with E-state index >= 15 is 0 Å². The summed E-state index contributed by atoms with van der Waals surface area (Å²) in [5.74, 6) is 0. The average molecular weight is 173 g/mol. The third kappa shape index (κ3) is 4.73. The summed E-state index contributed by atoms with van der Waals surface area (Å²) in [6.07, 6.45) is 4.60. The van der Waals surface area contributed by atoms with Crippen molar-refractivity contribution in [1.82, 2.24) is 5.32 Å². The van der Waals surface area contributed by atoms with Crippen LogP contribution in [0.2, 0.25) is 0 Å². The van der Waals surface area contributed by atoms with Crippen molar-refractivity contribution >= 4 is 0 Å². The van der Waals surface area contributed by atoms with Crippen molar-refractivity contribution in [2.24, 2.45) is 0 Å². The molecule has 0 radical (unpaired) electrons. The predicted molar refractivity (Wildman–Crippen MR) is 53.3 cm³/mol. The van der Waals surface area contributed by atoms with Gasteiger partial charge in [0.1, 0.15) is 0 Å². The van der Waals surface area contributed by atoms with Gasteiger partial charge in [0.25, 0.3) is 0 Å². The van der Waals surface area contributed by atoms with E-state index in [0.717, 1.165) is 12.8 Å². The fraction of sp³-hybridized carbons (Fsp3) is 1.00. The lowest BCUT2D eigenvalue weighted by molar-refractivity contribution is 0.223. The van der Waals surface area contributed by atoms with Crippen molar-refractivity contribution in [3.8, 4) is 0 Å². The second-order valence-electron chi connectivity index (χ2n) is 3.35. The zero-order valence-electron chi connectivity index (χ0n) is 8.64. The second-order valence-corrected chi connectivity index (χ2v) is 3.35. The first-order chi connectivity index (χ1) is 5.78. The minimum Gasteiger partial charge on any atom is -0.395 e. The molecule has 0 aromatic carbocycles. The normalized spacial score (nSPS) is 16.0. The van der Waals surface area contributed by atoms with Gasteiger partial charge >= 0.3 is 0 Å². The number of aliphatic hydroxyl groups excluding tert-OH is 1. The predicted octanol–water partition coefficient (Wildman–Crippen LogP) is 1.93. The Hall–Kier alpha value is -0.0800. The second kappa shape index (κ2) is 7.56. The van der Waals surface area contributed by atoms with Crippen LogP contribution in [0.25, 0.3) is 0 Å². The fourth-order valence-electron chi connectivity index (χ4n) is 1.39. The molecule has 0 saturated heterocycles. The first kappa shape index (κ1) is 11.9. The maximum absolute atomic E-state index is 8.98. The van der Waals surface area contributed by atoms with Gasteiger partial charge in [-0.25, -0.2) is 0 Å². The van der Waals surface area contributed by atoms with Gasteiger partial charge in [-0.1, -0.05) is 27.2 Å². The van der Waals surface area contributed by atoms with Crippen LogP contribution in [0, 0.1) is 0 Å². The number of hydrogen-bond donors (Lipinski definition) is 2. The first-order valence-electron chi connectivity index (χ1n) is 5.15. The number of nitrogens with one attached hydrogen (secondary N) is 1. The number of aliphatic hydroxyl groups is 1. The topological polar surface area (TPSA) is 32.3 Å². The molecule has 0 amide bonds. The Morgan fingerprint density at radius 3 is 2.00 bits per heavy atom. The molecule has 0 aliphatic carbocycles. The van der Waals surface area contributed by atoms with Crippen molar-refractivity contribution in [3.05, 3.63) is 0 Å². The molecule has 74 valence electrons. The van der Waals surface area contributed by atoms with Crippen molar-refractivity contribution < 1.29 is 5.11 Å². The SMILES string of the molecule is CCCC(CC)N[C@@H](CC)CO. The highest BCUT2D eigenvalue weighted by Gasteiger charge is 2.09. The van der Waals surface area contributed by atoms with Crippen LogP contribution in [0.15, 0.2) is 0 Å². The van der Waals surface area contributed by atoms with Crippen molar-refractivity contribution in [2.45, 2.75) is 58.5 Å². The molecular weight excluding hydrogens is 150 g/mol. The van der Waals surface area contributed by atoms with Gasteiger partial charge in [-0.3, -0.25) is 0 Å². The zero-order chi connectivity index (χ0) is 9.40. The van der Waals surface area contributed by atoms with Crippen LogP contribution in [0.1, 0.15) is 46.5 Å². The molecule has 1 unspecified atom stereocenters. The first-order valence-corrected chi connectivity index (χ1v) is 5.15. The minimum atomic E-state index is 0.261. The lowest BCUT2D eigenvalue weighted by Gasteiger charge is -2.22. The standard InChI is InChI=1S/C10H23NO/c1-4-7-9(5-2)11-10(6-3)8-12/h9-12H,4-8H2,1-3H3/t9?,10-/m0/s1. The molecule has 2 atom stereocenters. The Morgan fingerprint density at radius 1 is 1.08 bits per heavy atom. The van der Waals surface area contributed by atoms with Gasteiger partial charge in [0.2, 0.25) is 0 Å². The van der Waals surface area contributed by atoms with Gasteiger partial charge in [0, 0.05) is 12.1 Å². The molecule has 0 heterocycles. The Kier molecular flexibility index (Phi) is 7.51. The molecule has 12 heavy (non-hydrogen) atoms. The molecule has 0 saturated carbocycles. The molecule has 0 spiro atoms. The number of hydrogen-bond acceptors (Lipinski definition) is 2. The van der Waals surface area contributed by atoms with Gasteiger partial charge in [0.05, 0.1) is 6.61 Å². The summed E-state index contributed by atoms with van der Waals surface area (Å²) >= 11 is 0. The van der Waals surface area contributed by atoms with Crippen LogP contribution in [-0.2, 0) is 0 Å². The largest absolute Gasteiger partial charge is 0.395 e. The Balaban J connectivity index is 3.65. The minimum absolute atomic E-state index is 0.261. The molecule has 0 fully saturated rings. The van der Waals surface area contributed by atoms with Crippen LogP contribution < -0.4 is 5.32 Å². The summed E-state index contributed by atoms with van der Waals surface area (Å²) in [5, 5.41) is 12.4. The third-order valence-electron chi connectivity index (χ3n) is 2.31. The van der Waals surface area contributed by atoms with E-state index in [2.05, 4.69) is 26.1 Å². The van der Waals surface area contributed by atoms with Crippen LogP contribution >= 0.6 is 0 Å². The Labute approximate surface area is 76.4 Å². The third-order valence-corrected chi connectivity index (χ3v) is 2.31. The van der Waals surface area contributed by atoms with E-state index in [9.17, 15) is 0 Å². The molecular formula is C10H23NO. The van der Waals surface area contributed by atoms with E-state index in [1.807, 2.05) is 0 Å². The molecule has 0 aliphatic rings. The zero-order valence-corrected chi connectivity index (χ0v) is 8.64. The highest BCUT2D eigenvalue weighted by Crippen LogP contribution is 2.03. The van der Waals surface area contributed by atoms with Crippen LogP contribution in [0.5, 0.6) is 0 Å². The van der Waals surface area contributed by atoms with Crippen molar-refractivity contribution in [2.75, 3.05) is 6.61 Å². The summed E-state index contributed by atoms with van der Waals surface area (Å²) in [7, 11) is 0. The molecule has 2 N–H and O–H groups in total. The molecule has 0 aromatic heterocycles. The summed E-state index contributed by atoms with van der Waals surface area (Å²) in [6.45, 7) is 6.75. The molecule has 0 aromatic rings. The van der Waals surface area contributed by atoms with Gasteiger partial charge in [0.15, 0.2) is 0 Å². The van der Waals surface area contributed by atoms with E-state index in [0.29, 0.717) is 12.1 Å². The summed E-state index contributed by atoms with van der Waals surface area (Å²) in [5.41, 5.74) is 0. The summed E-state index contributed by atoms with van der Waals surface area (Å²) in [4.78, 5) is 0. The van der Waals surface area contributed by atoms with E-state index in [-0.39, 0.29) is 6.61 Å². The van der Waals surface area contributed by atoms with Crippen molar-refractivity contribution in [3.63, 3.8) is 0 Å². The Morgan fingerprint density at radius 2 is 1.67 bits per heavy atom. The maximum Gasteiger partial charge on any atom is 0.0584 e. The maximum atomic E-state index is 8.98. The van der Waals surface area contributed by atoms with E-state index in [1.165, 1.54) is 12.8 Å². The highest BCUT2D eigenvalue weighted by atomic mass is 16.3. The molecule has 0 rings (SSSR count). The van der Waals surface area contributed by atoms with E-state index < -0.39 is 0 Å². The molecule has 2 nitrogen and oxygen atoms in total. The smallest absolute Gasteiger partial charge is 0.0584 e. The molecule has 0 bridgehead atoms. The number of rotatable bonds is 7. The Bertz CT molecular complexity index is 91.8. The average Bonchev–Trinajstić information content (AvgIpc) is 2.12. The van der Waals surface area contributed by atoms with Gasteiger partial charge in [-0.2, -0.15) is 0 Å². The molecule has 0 aliphatic heterocycles. The van der Waals surface area contributed by atoms with E-state index in [1.54, 1.807) is 0 Å². The van der Waals surface area contributed by atoms with Gasteiger partial charge in [-0.05, 0) is 19.3 Å². The van der Waals surface area contributed by atoms with E-state index in [4.69, 9.17) is 5.11 Å². The highest BCUT2D eigenvalue weighted by molar-refractivity contribution is 4.71. The van der Waals surface area contributed by atoms with Crippen molar-refractivity contribution in [1.29, 1.82) is 0 Å². The van der Waals surface area contributed by atoms with Crippen LogP contribution in [-0.4, -0.2) is 23.8 Å². The summed E-state index contributed by atoms with van der Waals surface area (Å²) in [6, 6.07) is 0.883. The summed E-state index contributed by atoms with van der Waals surface area (Å²) < 4.78 is 0. The van der Waals surface area contributed by atoms with Gasteiger partial charge < -0.3 is 10.4 Å². The van der Waals surface area contributed by atoms with Crippen LogP contribution in [0.4, 0.5) is 0 Å². The lowest BCUT2D eigenvalue weighted by Crippen LogP contribution is -2.39. The molecule has 2 heteroatoms.